The molecule has 57 heavy (non-hydrogen) atoms. The zero-order valence-electron chi connectivity index (χ0n) is 30.6. The summed E-state index contributed by atoms with van der Waals surface area (Å²) in [6, 6.07) is 64.5. The van der Waals surface area contributed by atoms with E-state index in [0.717, 1.165) is 61.6 Å². The second kappa shape index (κ2) is 12.6. The number of amidine groups is 2. The van der Waals surface area contributed by atoms with E-state index in [-0.39, 0.29) is 6.17 Å². The molecule has 0 saturated carbocycles. The van der Waals surface area contributed by atoms with Crippen molar-refractivity contribution in [3.8, 4) is 16.8 Å². The first-order valence-corrected chi connectivity index (χ1v) is 20.0. The summed E-state index contributed by atoms with van der Waals surface area (Å²) in [5.41, 5.74) is 10.8. The Morgan fingerprint density at radius 2 is 1.12 bits per heavy atom. The van der Waals surface area contributed by atoms with E-state index in [1.807, 2.05) is 47.7 Å². The lowest BCUT2D eigenvalue weighted by Crippen LogP contribution is -2.33. The molecule has 0 amide bonds. The van der Waals surface area contributed by atoms with Crippen LogP contribution in [0.5, 0.6) is 0 Å². The number of nitrogens with one attached hydrogen (secondary N) is 1. The molecule has 12 rings (SSSR count). The van der Waals surface area contributed by atoms with Crippen LogP contribution < -0.4 is 5.32 Å². The van der Waals surface area contributed by atoms with Gasteiger partial charge in [-0.3, -0.25) is 0 Å². The molecule has 268 valence electrons. The third-order valence-electron chi connectivity index (χ3n) is 11.3. The Kier molecular flexibility index (Phi) is 7.09. The first-order valence-electron chi connectivity index (χ1n) is 19.2. The van der Waals surface area contributed by atoms with E-state index in [4.69, 9.17) is 14.4 Å². The van der Waals surface area contributed by atoms with E-state index in [2.05, 4.69) is 155 Å². The Morgan fingerprint density at radius 3 is 1.89 bits per heavy atom. The number of hydrogen-bond acceptors (Lipinski definition) is 5. The van der Waals surface area contributed by atoms with Gasteiger partial charge in [0.1, 0.15) is 23.2 Å². The number of para-hydroxylation sites is 2. The van der Waals surface area contributed by atoms with Crippen molar-refractivity contribution < 1.29 is 4.42 Å². The summed E-state index contributed by atoms with van der Waals surface area (Å²) < 4.78 is 11.3. The molecular formula is C51H32N4OS. The quantitative estimate of drug-likeness (QED) is 0.191. The number of nitrogens with zero attached hydrogens (tertiary/aromatic N) is 3. The predicted molar refractivity (Wildman–Crippen MR) is 238 cm³/mol. The van der Waals surface area contributed by atoms with Gasteiger partial charge in [0.05, 0.1) is 11.0 Å². The third-order valence-corrected chi connectivity index (χ3v) is 12.4. The van der Waals surface area contributed by atoms with Gasteiger partial charge in [0, 0.05) is 58.5 Å². The monoisotopic (exact) mass is 748 g/mol. The maximum absolute atomic E-state index is 6.40. The van der Waals surface area contributed by atoms with Gasteiger partial charge >= 0.3 is 0 Å². The molecule has 1 unspecified atom stereocenters. The lowest BCUT2D eigenvalue weighted by molar-refractivity contribution is 0.669. The number of hydrogen-bond donors (Lipinski definition) is 1. The third kappa shape index (κ3) is 5.22. The molecule has 1 N–H and O–H groups in total. The molecule has 5 nitrogen and oxygen atoms in total. The fourth-order valence-corrected chi connectivity index (χ4v) is 9.63. The van der Waals surface area contributed by atoms with Crippen LogP contribution in [0.2, 0.25) is 0 Å². The van der Waals surface area contributed by atoms with Crippen LogP contribution in [0.15, 0.2) is 196 Å². The summed E-state index contributed by atoms with van der Waals surface area (Å²) in [4.78, 5) is 10.1. The number of rotatable bonds is 5. The molecule has 0 radical (unpaired) electrons. The Morgan fingerprint density at radius 1 is 0.474 bits per heavy atom. The van der Waals surface area contributed by atoms with E-state index >= 15 is 0 Å². The largest absolute Gasteiger partial charge is 0.456 e. The summed E-state index contributed by atoms with van der Waals surface area (Å²) in [6.45, 7) is 0. The van der Waals surface area contributed by atoms with E-state index in [0.29, 0.717) is 0 Å². The molecule has 4 heterocycles. The minimum Gasteiger partial charge on any atom is -0.456 e. The highest BCUT2D eigenvalue weighted by atomic mass is 32.1. The maximum atomic E-state index is 6.40. The average Bonchev–Trinajstić information content (AvgIpc) is 3.95. The second-order valence-electron chi connectivity index (χ2n) is 14.6. The van der Waals surface area contributed by atoms with Crippen LogP contribution in [0.1, 0.15) is 22.9 Å². The van der Waals surface area contributed by atoms with E-state index in [1.165, 1.54) is 47.5 Å². The summed E-state index contributed by atoms with van der Waals surface area (Å²) in [5, 5.41) is 10.8. The lowest BCUT2D eigenvalue weighted by Gasteiger charge is -2.23. The Bertz CT molecular complexity index is 3390. The van der Waals surface area contributed by atoms with E-state index < -0.39 is 0 Å². The van der Waals surface area contributed by atoms with Gasteiger partial charge in [-0.05, 0) is 77.4 Å². The second-order valence-corrected chi connectivity index (χ2v) is 15.7. The molecule has 0 bridgehead atoms. The zero-order valence-corrected chi connectivity index (χ0v) is 31.4. The molecule has 0 saturated heterocycles. The minimum absolute atomic E-state index is 0.279. The maximum Gasteiger partial charge on any atom is 0.159 e. The Balaban J connectivity index is 0.923. The highest BCUT2D eigenvalue weighted by Crippen LogP contribution is 2.40. The molecule has 0 fully saturated rings. The lowest BCUT2D eigenvalue weighted by atomic mass is 10.0. The standard InChI is InChI=1S/C51H32N4OS/c1-3-11-31(12-4-1)49-52-50(32-13-5-2-6-14-32)54-51(53-49)35-21-26-47-42(28-35)39-23-19-34(29-48(39)57-47)33-20-24-45-40(27-33)41-30-36(22-25-46(41)56-45)55-43-17-9-7-15-37(43)38-16-8-10-18-44(38)55/h1-30,51H,(H,52,53,54). The van der Waals surface area contributed by atoms with Crippen molar-refractivity contribution in [3.63, 3.8) is 0 Å². The average molecular weight is 749 g/mol. The minimum atomic E-state index is -0.279. The summed E-state index contributed by atoms with van der Waals surface area (Å²) in [7, 11) is 0. The Labute approximate surface area is 331 Å². The van der Waals surface area contributed by atoms with Gasteiger partial charge in [0.25, 0.3) is 0 Å². The fraction of sp³-hybridized carbons (Fsp3) is 0.0196. The first-order chi connectivity index (χ1) is 28.2. The van der Waals surface area contributed by atoms with Crippen LogP contribution in [-0.2, 0) is 0 Å². The first kappa shape index (κ1) is 32.0. The summed E-state index contributed by atoms with van der Waals surface area (Å²) in [5.74, 6) is 1.54. The van der Waals surface area contributed by atoms with Gasteiger partial charge in [-0.15, -0.1) is 11.3 Å². The van der Waals surface area contributed by atoms with Gasteiger partial charge in [0.2, 0.25) is 0 Å². The van der Waals surface area contributed by atoms with Gasteiger partial charge < -0.3 is 14.3 Å². The van der Waals surface area contributed by atoms with Crippen LogP contribution in [0, 0.1) is 0 Å². The molecule has 3 aromatic heterocycles. The number of aromatic nitrogens is 1. The van der Waals surface area contributed by atoms with Crippen molar-refractivity contribution in [2.75, 3.05) is 0 Å². The molecule has 6 heteroatoms. The van der Waals surface area contributed by atoms with Gasteiger partial charge in [-0.1, -0.05) is 121 Å². The number of aliphatic imine (C=N–C) groups is 2. The molecule has 1 aliphatic heterocycles. The number of furan rings is 1. The van der Waals surface area contributed by atoms with Crippen LogP contribution in [0.4, 0.5) is 0 Å². The van der Waals surface area contributed by atoms with Crippen LogP contribution >= 0.6 is 11.3 Å². The van der Waals surface area contributed by atoms with Crippen molar-refractivity contribution >= 4 is 86.9 Å². The van der Waals surface area contributed by atoms with Gasteiger partial charge in [-0.2, -0.15) is 0 Å². The van der Waals surface area contributed by atoms with Crippen molar-refractivity contribution in [1.82, 2.24) is 9.88 Å². The van der Waals surface area contributed by atoms with Crippen molar-refractivity contribution in [3.05, 3.63) is 199 Å². The zero-order chi connectivity index (χ0) is 37.5. The number of fused-ring (bicyclic) bond motifs is 9. The molecule has 0 spiro atoms. The molecular weight excluding hydrogens is 717 g/mol. The van der Waals surface area contributed by atoms with Crippen LogP contribution in [-0.4, -0.2) is 16.2 Å². The SMILES string of the molecule is c1ccc(C2=NC(c3ccc4sc5cc(-c6ccc7oc8ccc(-n9c%10ccccc%10c%10ccccc%109)cc8c7c6)ccc5c4c3)NC(c3ccccc3)=N2)cc1. The normalized spacial score (nSPS) is 14.5. The Hall–Kier alpha value is -7.28. The van der Waals surface area contributed by atoms with E-state index in [9.17, 15) is 0 Å². The molecule has 1 aliphatic rings. The van der Waals surface area contributed by atoms with E-state index in [1.54, 1.807) is 0 Å². The van der Waals surface area contributed by atoms with Crippen molar-refractivity contribution in [1.29, 1.82) is 0 Å². The molecule has 8 aromatic carbocycles. The smallest absolute Gasteiger partial charge is 0.159 e. The molecule has 1 atom stereocenters. The van der Waals surface area contributed by atoms with Crippen molar-refractivity contribution in [2.45, 2.75) is 6.17 Å². The van der Waals surface area contributed by atoms with Crippen molar-refractivity contribution in [2.24, 2.45) is 9.98 Å². The predicted octanol–water partition coefficient (Wildman–Crippen LogP) is 13.2. The summed E-state index contributed by atoms with van der Waals surface area (Å²) >= 11 is 1.83. The molecule has 11 aromatic rings. The van der Waals surface area contributed by atoms with Gasteiger partial charge in [0.15, 0.2) is 5.84 Å². The van der Waals surface area contributed by atoms with Gasteiger partial charge in [-0.25, -0.2) is 9.98 Å². The summed E-state index contributed by atoms with van der Waals surface area (Å²) in [6.07, 6.45) is -0.279. The fourth-order valence-electron chi connectivity index (χ4n) is 8.51. The van der Waals surface area contributed by atoms with Crippen LogP contribution in [0.3, 0.4) is 0 Å². The highest BCUT2D eigenvalue weighted by molar-refractivity contribution is 7.25. The van der Waals surface area contributed by atoms with Crippen LogP contribution in [0.25, 0.3) is 80.7 Å². The molecule has 0 aliphatic carbocycles. The topological polar surface area (TPSA) is 54.8 Å². The number of benzene rings is 8. The number of thiophene rings is 1. The highest BCUT2D eigenvalue weighted by Gasteiger charge is 2.22.